The number of hydrogen-bond acceptors (Lipinski definition) is 3. The maximum absolute atomic E-state index is 12.0. The molecule has 0 bridgehead atoms. The smallest absolute Gasteiger partial charge is 0.244 e. The molecule has 1 saturated heterocycles. The maximum Gasteiger partial charge on any atom is 0.244 e. The SMILES string of the molecule is [CH]=NC1CCN1S(=O)(=O)c1ccccc1. The Balaban J connectivity index is 2.32. The fraction of sp³-hybridized carbons (Fsp3) is 0.300. The van der Waals surface area contributed by atoms with Gasteiger partial charge >= 0.3 is 0 Å². The summed E-state index contributed by atoms with van der Waals surface area (Å²) in [4.78, 5) is 3.80. The summed E-state index contributed by atoms with van der Waals surface area (Å²) in [6.45, 7) is 5.61. The van der Waals surface area contributed by atoms with E-state index in [2.05, 4.69) is 4.99 Å². The van der Waals surface area contributed by atoms with Crippen LogP contribution >= 0.6 is 0 Å². The second kappa shape index (κ2) is 3.75. The lowest BCUT2D eigenvalue weighted by Gasteiger charge is -2.36. The van der Waals surface area contributed by atoms with Crippen molar-refractivity contribution < 1.29 is 8.42 Å². The van der Waals surface area contributed by atoms with Gasteiger partial charge in [-0.05, 0) is 18.6 Å². The highest BCUT2D eigenvalue weighted by Gasteiger charge is 2.37. The van der Waals surface area contributed by atoms with Gasteiger partial charge in [0.15, 0.2) is 0 Å². The number of hydrogen-bond donors (Lipinski definition) is 0. The molecule has 1 heterocycles. The molecule has 1 aliphatic rings. The molecule has 1 aromatic carbocycles. The Labute approximate surface area is 89.3 Å². The van der Waals surface area contributed by atoms with Crippen molar-refractivity contribution in [2.24, 2.45) is 4.99 Å². The molecule has 0 aromatic heterocycles. The van der Waals surface area contributed by atoms with Gasteiger partial charge in [-0.2, -0.15) is 4.31 Å². The fourth-order valence-electron chi connectivity index (χ4n) is 1.51. The van der Waals surface area contributed by atoms with Gasteiger partial charge in [-0.25, -0.2) is 8.42 Å². The van der Waals surface area contributed by atoms with Crippen LogP contribution in [0.2, 0.25) is 0 Å². The monoisotopic (exact) mass is 223 g/mol. The van der Waals surface area contributed by atoms with Gasteiger partial charge in [0.1, 0.15) is 6.17 Å². The van der Waals surface area contributed by atoms with Crippen LogP contribution in [0.4, 0.5) is 0 Å². The highest BCUT2D eigenvalue weighted by atomic mass is 32.2. The third-order valence-electron chi connectivity index (χ3n) is 2.46. The second-order valence-electron chi connectivity index (χ2n) is 3.35. The van der Waals surface area contributed by atoms with Crippen molar-refractivity contribution in [3.05, 3.63) is 30.3 Å². The predicted molar refractivity (Wildman–Crippen MR) is 57.2 cm³/mol. The number of benzene rings is 1. The molecule has 1 unspecified atom stereocenters. The summed E-state index contributed by atoms with van der Waals surface area (Å²) in [6.07, 6.45) is 0.304. The molecule has 0 spiro atoms. The molecule has 79 valence electrons. The van der Waals surface area contributed by atoms with Crippen LogP contribution < -0.4 is 0 Å². The lowest BCUT2D eigenvalue weighted by molar-refractivity contribution is 0.209. The van der Waals surface area contributed by atoms with Gasteiger partial charge in [0, 0.05) is 13.3 Å². The first-order chi connectivity index (χ1) is 7.16. The van der Waals surface area contributed by atoms with Gasteiger partial charge in [0.05, 0.1) is 4.90 Å². The molecule has 1 fully saturated rings. The zero-order valence-corrected chi connectivity index (χ0v) is 8.89. The van der Waals surface area contributed by atoms with Crippen LogP contribution in [0.1, 0.15) is 6.42 Å². The maximum atomic E-state index is 12.0. The Bertz CT molecular complexity index is 456. The molecule has 0 saturated carbocycles. The summed E-state index contributed by atoms with van der Waals surface area (Å²) in [5.41, 5.74) is 0. The van der Waals surface area contributed by atoms with Gasteiger partial charge in [-0.3, -0.25) is 4.99 Å². The van der Waals surface area contributed by atoms with Gasteiger partial charge in [-0.1, -0.05) is 18.2 Å². The zero-order chi connectivity index (χ0) is 10.9. The van der Waals surface area contributed by atoms with Crippen LogP contribution in [-0.2, 0) is 10.0 Å². The third kappa shape index (κ3) is 1.68. The summed E-state index contributed by atoms with van der Waals surface area (Å²) >= 11 is 0. The normalized spacial score (nSPS) is 22.0. The molecule has 5 heteroatoms. The van der Waals surface area contributed by atoms with Crippen LogP contribution in [0.5, 0.6) is 0 Å². The average Bonchev–Trinajstić information content (AvgIpc) is 2.17. The number of rotatable bonds is 3. The summed E-state index contributed by atoms with van der Waals surface area (Å²) in [5.74, 6) is 0. The molecule has 1 radical (unpaired) electrons. The van der Waals surface area contributed by atoms with Crippen molar-refractivity contribution in [2.45, 2.75) is 17.5 Å². The Morgan fingerprint density at radius 3 is 2.47 bits per heavy atom. The van der Waals surface area contributed by atoms with Crippen LogP contribution in [0, 0.1) is 0 Å². The van der Waals surface area contributed by atoms with E-state index in [-0.39, 0.29) is 0 Å². The van der Waals surface area contributed by atoms with Crippen LogP contribution in [0.3, 0.4) is 0 Å². The molecule has 0 aliphatic carbocycles. The van der Waals surface area contributed by atoms with E-state index in [4.69, 9.17) is 6.72 Å². The highest BCUT2D eigenvalue weighted by Crippen LogP contribution is 2.26. The van der Waals surface area contributed by atoms with E-state index in [0.717, 1.165) is 0 Å². The first kappa shape index (κ1) is 10.3. The molecule has 1 atom stereocenters. The van der Waals surface area contributed by atoms with E-state index in [9.17, 15) is 8.42 Å². The summed E-state index contributed by atoms with van der Waals surface area (Å²) in [5, 5.41) is 0. The van der Waals surface area contributed by atoms with Crippen molar-refractivity contribution in [1.29, 1.82) is 0 Å². The van der Waals surface area contributed by atoms with E-state index < -0.39 is 16.2 Å². The van der Waals surface area contributed by atoms with Gasteiger partial charge < -0.3 is 0 Å². The van der Waals surface area contributed by atoms with Gasteiger partial charge in [0.25, 0.3) is 0 Å². The first-order valence-electron chi connectivity index (χ1n) is 4.63. The third-order valence-corrected chi connectivity index (χ3v) is 4.37. The van der Waals surface area contributed by atoms with Gasteiger partial charge in [0.2, 0.25) is 10.0 Å². The molecule has 1 aromatic rings. The highest BCUT2D eigenvalue weighted by molar-refractivity contribution is 7.89. The van der Waals surface area contributed by atoms with E-state index in [1.165, 1.54) is 4.31 Å². The van der Waals surface area contributed by atoms with Crippen molar-refractivity contribution in [3.8, 4) is 0 Å². The largest absolute Gasteiger partial charge is 0.271 e. The number of aliphatic imine (C=N–C) groups is 1. The molecule has 0 N–H and O–H groups in total. The number of sulfonamides is 1. The van der Waals surface area contributed by atoms with E-state index >= 15 is 0 Å². The summed E-state index contributed by atoms with van der Waals surface area (Å²) < 4.78 is 25.3. The minimum absolute atomic E-state index is 0.290. The molecular formula is C10H11N2O2S. The van der Waals surface area contributed by atoms with E-state index in [1.807, 2.05) is 0 Å². The molecule has 4 nitrogen and oxygen atoms in total. The Hall–Kier alpha value is -1.20. The quantitative estimate of drug-likeness (QED) is 0.717. The van der Waals surface area contributed by atoms with Crippen LogP contribution in [0.25, 0.3) is 0 Å². The minimum atomic E-state index is -3.40. The molecule has 0 amide bonds. The Morgan fingerprint density at radius 1 is 1.33 bits per heavy atom. The molecule has 2 rings (SSSR count). The second-order valence-corrected chi connectivity index (χ2v) is 5.24. The topological polar surface area (TPSA) is 49.7 Å². The van der Waals surface area contributed by atoms with Crippen LogP contribution in [-0.4, -0.2) is 32.2 Å². The fourth-order valence-corrected chi connectivity index (χ4v) is 3.10. The lowest BCUT2D eigenvalue weighted by atomic mass is 10.2. The Kier molecular flexibility index (Phi) is 2.58. The average molecular weight is 223 g/mol. The Morgan fingerprint density at radius 2 is 2.00 bits per heavy atom. The van der Waals surface area contributed by atoms with Crippen LogP contribution in [0.15, 0.2) is 40.2 Å². The zero-order valence-electron chi connectivity index (χ0n) is 8.07. The van der Waals surface area contributed by atoms with E-state index in [1.54, 1.807) is 30.3 Å². The molecule has 1 aliphatic heterocycles. The van der Waals surface area contributed by atoms with Crippen molar-refractivity contribution in [1.82, 2.24) is 4.31 Å². The standard InChI is InChI=1S/C10H11N2O2S/c1-11-10-7-8-12(10)15(13,14)9-5-3-2-4-6-9/h1-6,10H,7-8H2. The first-order valence-corrected chi connectivity index (χ1v) is 6.07. The predicted octanol–water partition coefficient (Wildman–Crippen LogP) is 0.985. The molecular weight excluding hydrogens is 212 g/mol. The summed E-state index contributed by atoms with van der Waals surface area (Å²) in [6, 6.07) is 8.31. The van der Waals surface area contributed by atoms with Gasteiger partial charge in [-0.15, -0.1) is 0 Å². The minimum Gasteiger partial charge on any atom is -0.271 e. The van der Waals surface area contributed by atoms with Crippen molar-refractivity contribution in [3.63, 3.8) is 0 Å². The molecule has 15 heavy (non-hydrogen) atoms. The summed E-state index contributed by atoms with van der Waals surface area (Å²) in [7, 11) is -3.40. The van der Waals surface area contributed by atoms with E-state index in [0.29, 0.717) is 17.9 Å². The van der Waals surface area contributed by atoms with Crippen molar-refractivity contribution in [2.75, 3.05) is 6.54 Å². The van der Waals surface area contributed by atoms with Crippen molar-refractivity contribution >= 4 is 16.7 Å². The number of nitrogens with zero attached hydrogens (tertiary/aromatic N) is 2. The lowest BCUT2D eigenvalue weighted by Crippen LogP contribution is -2.49.